The second-order valence-corrected chi connectivity index (χ2v) is 7.93. The molecule has 0 saturated carbocycles. The highest BCUT2D eigenvalue weighted by molar-refractivity contribution is 5.90. The summed E-state index contributed by atoms with van der Waals surface area (Å²) < 4.78 is 5.12. The summed E-state index contributed by atoms with van der Waals surface area (Å²) in [5, 5.41) is 3.05. The smallest absolute Gasteiger partial charge is 0.321 e. The van der Waals surface area contributed by atoms with E-state index in [0.29, 0.717) is 13.0 Å². The average molecular weight is 373 g/mol. The number of hydrogen-bond acceptors (Lipinski definition) is 3. The molecule has 1 atom stereocenters. The number of likely N-dealkylation sites (tertiary alicyclic amines) is 2. The number of rotatable bonds is 5. The van der Waals surface area contributed by atoms with Gasteiger partial charge in [0.1, 0.15) is 0 Å². The van der Waals surface area contributed by atoms with Crippen LogP contribution in [0.4, 0.5) is 10.5 Å². The summed E-state index contributed by atoms with van der Waals surface area (Å²) in [6.45, 7) is 5.66. The lowest BCUT2D eigenvalue weighted by atomic mass is 9.73. The second-order valence-electron chi connectivity index (χ2n) is 7.93. The standard InChI is InChI=1S/C21H31N3O3/c1-17-7-3-4-8-18(17)22-20(26)24-12-5-10-21(16-24)11-9-19(25)23(15-21)13-6-14-27-2/h3-4,7-8H,5-6,9-16H2,1-2H3,(H,22,26)/t21-/m0/s1. The van der Waals surface area contributed by atoms with Crippen LogP contribution in [0.25, 0.3) is 0 Å². The van der Waals surface area contributed by atoms with Crippen LogP contribution in [0.15, 0.2) is 24.3 Å². The van der Waals surface area contributed by atoms with Crippen molar-refractivity contribution in [1.82, 2.24) is 9.80 Å². The summed E-state index contributed by atoms with van der Waals surface area (Å²) in [6, 6.07) is 7.80. The minimum atomic E-state index is -0.0359. The molecule has 27 heavy (non-hydrogen) atoms. The van der Waals surface area contributed by atoms with E-state index in [1.807, 2.05) is 41.0 Å². The predicted molar refractivity (Wildman–Crippen MR) is 106 cm³/mol. The molecular weight excluding hydrogens is 342 g/mol. The fourth-order valence-corrected chi connectivity index (χ4v) is 4.33. The Balaban J connectivity index is 1.63. The largest absolute Gasteiger partial charge is 0.385 e. The lowest BCUT2D eigenvalue weighted by Crippen LogP contribution is -2.55. The van der Waals surface area contributed by atoms with Crippen LogP contribution in [-0.4, -0.2) is 61.6 Å². The van der Waals surface area contributed by atoms with E-state index in [1.165, 1.54) is 0 Å². The third kappa shape index (κ3) is 4.80. The number of carbonyl (C=O) groups is 2. The van der Waals surface area contributed by atoms with Crippen molar-refractivity contribution < 1.29 is 14.3 Å². The van der Waals surface area contributed by atoms with Crippen LogP contribution in [0, 0.1) is 12.3 Å². The zero-order valence-electron chi connectivity index (χ0n) is 16.5. The highest BCUT2D eigenvalue weighted by Gasteiger charge is 2.42. The molecule has 0 bridgehead atoms. The number of hydrogen-bond donors (Lipinski definition) is 1. The summed E-state index contributed by atoms with van der Waals surface area (Å²) in [5.41, 5.74) is 1.95. The second kappa shape index (κ2) is 8.74. The SMILES string of the molecule is COCCCN1C[C@]2(CCCN(C(=O)Nc3ccccc3C)C2)CCC1=O. The molecule has 0 aromatic heterocycles. The number of methoxy groups -OCH3 is 1. The number of nitrogens with zero attached hydrogens (tertiary/aromatic N) is 2. The number of urea groups is 1. The Hall–Kier alpha value is -2.08. The Morgan fingerprint density at radius 1 is 1.26 bits per heavy atom. The summed E-state index contributed by atoms with van der Waals surface area (Å²) in [5.74, 6) is 0.234. The number of benzene rings is 1. The van der Waals surface area contributed by atoms with Gasteiger partial charge in [0.05, 0.1) is 0 Å². The molecule has 1 N–H and O–H groups in total. The molecule has 3 rings (SSSR count). The van der Waals surface area contributed by atoms with Crippen LogP contribution in [0.3, 0.4) is 0 Å². The van der Waals surface area contributed by atoms with Gasteiger partial charge in [-0.3, -0.25) is 4.79 Å². The van der Waals surface area contributed by atoms with Gasteiger partial charge in [-0.05, 0) is 44.2 Å². The molecule has 2 aliphatic rings. The van der Waals surface area contributed by atoms with Gasteiger partial charge in [0.25, 0.3) is 0 Å². The van der Waals surface area contributed by atoms with E-state index in [4.69, 9.17) is 4.74 Å². The Morgan fingerprint density at radius 2 is 2.07 bits per heavy atom. The van der Waals surface area contributed by atoms with Gasteiger partial charge >= 0.3 is 6.03 Å². The number of piperidine rings is 2. The number of anilines is 1. The van der Waals surface area contributed by atoms with Gasteiger partial charge in [0, 0.05) is 57.4 Å². The first kappa shape index (κ1) is 19.7. The molecule has 2 heterocycles. The molecule has 6 nitrogen and oxygen atoms in total. The maximum Gasteiger partial charge on any atom is 0.321 e. The molecule has 6 heteroatoms. The van der Waals surface area contributed by atoms with Crippen molar-refractivity contribution in [1.29, 1.82) is 0 Å². The van der Waals surface area contributed by atoms with Gasteiger partial charge in [-0.25, -0.2) is 4.79 Å². The van der Waals surface area contributed by atoms with Crippen molar-refractivity contribution in [3.05, 3.63) is 29.8 Å². The number of carbonyl (C=O) groups excluding carboxylic acids is 2. The Kier molecular flexibility index (Phi) is 6.37. The van der Waals surface area contributed by atoms with Crippen LogP contribution in [0.2, 0.25) is 0 Å². The molecule has 0 radical (unpaired) electrons. The van der Waals surface area contributed by atoms with Gasteiger partial charge in [0.15, 0.2) is 0 Å². The molecule has 1 aromatic carbocycles. The molecule has 1 spiro atoms. The normalized spacial score (nSPS) is 23.0. The minimum absolute atomic E-state index is 0.0301. The third-order valence-corrected chi connectivity index (χ3v) is 5.86. The maximum absolute atomic E-state index is 12.8. The number of para-hydroxylation sites is 1. The fraction of sp³-hybridized carbons (Fsp3) is 0.619. The number of ether oxygens (including phenoxy) is 1. The number of nitrogens with one attached hydrogen (secondary N) is 1. The summed E-state index contributed by atoms with van der Waals surface area (Å²) in [7, 11) is 1.69. The van der Waals surface area contributed by atoms with Crippen LogP contribution >= 0.6 is 0 Å². The first-order valence-corrected chi connectivity index (χ1v) is 9.91. The lowest BCUT2D eigenvalue weighted by molar-refractivity contribution is -0.139. The number of amides is 3. The Labute approximate surface area is 161 Å². The molecule has 1 aromatic rings. The molecule has 2 saturated heterocycles. The van der Waals surface area contributed by atoms with E-state index in [1.54, 1.807) is 7.11 Å². The van der Waals surface area contributed by atoms with Gasteiger partial charge in [-0.2, -0.15) is 0 Å². The van der Waals surface area contributed by atoms with E-state index in [9.17, 15) is 9.59 Å². The van der Waals surface area contributed by atoms with E-state index >= 15 is 0 Å². The van der Waals surface area contributed by atoms with Crippen LogP contribution < -0.4 is 5.32 Å². The molecule has 3 amide bonds. The highest BCUT2D eigenvalue weighted by atomic mass is 16.5. The van der Waals surface area contributed by atoms with Crippen molar-refractivity contribution in [3.8, 4) is 0 Å². The monoisotopic (exact) mass is 373 g/mol. The topological polar surface area (TPSA) is 61.9 Å². The number of aryl methyl sites for hydroxylation is 1. The van der Waals surface area contributed by atoms with Crippen LogP contribution in [-0.2, 0) is 9.53 Å². The Bertz CT molecular complexity index is 678. The minimum Gasteiger partial charge on any atom is -0.385 e. The van der Waals surface area contributed by atoms with E-state index in [-0.39, 0.29) is 17.4 Å². The summed E-state index contributed by atoms with van der Waals surface area (Å²) in [6.07, 6.45) is 4.38. The Morgan fingerprint density at radius 3 is 2.85 bits per heavy atom. The molecule has 0 unspecified atom stereocenters. The van der Waals surface area contributed by atoms with Gasteiger partial charge < -0.3 is 19.9 Å². The first-order chi connectivity index (χ1) is 13.0. The third-order valence-electron chi connectivity index (χ3n) is 5.86. The van der Waals surface area contributed by atoms with Crippen molar-refractivity contribution >= 4 is 17.6 Å². The van der Waals surface area contributed by atoms with Crippen molar-refractivity contribution in [2.45, 2.75) is 39.0 Å². The van der Waals surface area contributed by atoms with Gasteiger partial charge in [-0.15, -0.1) is 0 Å². The van der Waals surface area contributed by atoms with E-state index < -0.39 is 0 Å². The average Bonchev–Trinajstić information content (AvgIpc) is 2.67. The van der Waals surface area contributed by atoms with Crippen molar-refractivity contribution in [2.75, 3.05) is 45.2 Å². The molecular formula is C21H31N3O3. The molecule has 2 aliphatic heterocycles. The predicted octanol–water partition coefficient (Wildman–Crippen LogP) is 3.27. The van der Waals surface area contributed by atoms with E-state index in [2.05, 4.69) is 5.32 Å². The van der Waals surface area contributed by atoms with Crippen LogP contribution in [0.5, 0.6) is 0 Å². The molecule has 0 aliphatic carbocycles. The molecule has 2 fully saturated rings. The van der Waals surface area contributed by atoms with Crippen molar-refractivity contribution in [2.24, 2.45) is 5.41 Å². The van der Waals surface area contributed by atoms with Gasteiger partial charge in [-0.1, -0.05) is 18.2 Å². The van der Waals surface area contributed by atoms with Gasteiger partial charge in [0.2, 0.25) is 5.91 Å². The summed E-state index contributed by atoms with van der Waals surface area (Å²) in [4.78, 5) is 29.0. The fourth-order valence-electron chi connectivity index (χ4n) is 4.33. The quantitative estimate of drug-likeness (QED) is 0.806. The maximum atomic E-state index is 12.8. The summed E-state index contributed by atoms with van der Waals surface area (Å²) >= 11 is 0. The first-order valence-electron chi connectivity index (χ1n) is 9.91. The highest BCUT2D eigenvalue weighted by Crippen LogP contribution is 2.39. The van der Waals surface area contributed by atoms with Crippen LogP contribution in [0.1, 0.15) is 37.7 Å². The van der Waals surface area contributed by atoms with Crippen molar-refractivity contribution in [3.63, 3.8) is 0 Å². The van der Waals surface area contributed by atoms with E-state index in [0.717, 1.165) is 63.1 Å². The zero-order valence-corrected chi connectivity index (χ0v) is 16.5. The molecule has 148 valence electrons. The zero-order chi connectivity index (χ0) is 19.3. The lowest BCUT2D eigenvalue weighted by Gasteiger charge is -2.48.